The van der Waals surface area contributed by atoms with Crippen molar-refractivity contribution in [1.29, 1.82) is 0 Å². The van der Waals surface area contributed by atoms with Crippen LogP contribution in [0.15, 0.2) is 261 Å². The number of nitrogens with zero attached hydrogens (tertiary/aromatic N) is 3. The highest BCUT2D eigenvalue weighted by Gasteiger charge is 2.36. The summed E-state index contributed by atoms with van der Waals surface area (Å²) >= 11 is 0. The second-order valence-corrected chi connectivity index (χ2v) is 18.3. The Bertz CT molecular complexity index is 3600. The van der Waals surface area contributed by atoms with Crippen LogP contribution in [0.4, 0.5) is 62.6 Å². The van der Waals surface area contributed by atoms with E-state index in [-0.39, 0.29) is 5.41 Å². The summed E-state index contributed by atoms with van der Waals surface area (Å²) in [6.07, 6.45) is 0. The molecule has 0 bridgehead atoms. The molecule has 330 valence electrons. The summed E-state index contributed by atoms with van der Waals surface area (Å²) in [4.78, 5) is 7.08. The Labute approximate surface area is 404 Å². The molecule has 0 aliphatic heterocycles. The molecule has 0 amide bonds. The van der Waals surface area contributed by atoms with Crippen LogP contribution in [0, 0.1) is 0 Å². The zero-order valence-corrected chi connectivity index (χ0v) is 38.7. The topological polar surface area (TPSA) is 21.8 Å². The van der Waals surface area contributed by atoms with Crippen LogP contribution in [-0.4, -0.2) is 0 Å². The lowest BCUT2D eigenvalue weighted by Gasteiger charge is -2.30. The molecule has 0 radical (unpaired) electrons. The molecule has 0 atom stereocenters. The van der Waals surface area contributed by atoms with Crippen LogP contribution in [-0.2, 0) is 5.41 Å². The number of fused-ring (bicyclic) bond motifs is 5. The second-order valence-electron chi connectivity index (χ2n) is 18.3. The molecule has 1 aliphatic rings. The molecule has 0 spiro atoms. The van der Waals surface area contributed by atoms with E-state index in [1.165, 1.54) is 43.8 Å². The Kier molecular flexibility index (Phi) is 10.5. The van der Waals surface area contributed by atoms with Crippen LogP contribution >= 0.6 is 0 Å². The average molecular weight is 887 g/mol. The van der Waals surface area contributed by atoms with Crippen molar-refractivity contribution in [2.45, 2.75) is 19.3 Å². The summed E-state index contributed by atoms with van der Waals surface area (Å²) in [7, 11) is 0. The largest absolute Gasteiger partial charge is 0.356 e. The van der Waals surface area contributed by atoms with Crippen molar-refractivity contribution in [2.24, 2.45) is 0 Å². The van der Waals surface area contributed by atoms with Gasteiger partial charge in [-0.15, -0.1) is 0 Å². The maximum absolute atomic E-state index is 3.76. The number of hydrogen-bond donors (Lipinski definition) is 1. The zero-order chi connectivity index (χ0) is 46.3. The summed E-state index contributed by atoms with van der Waals surface area (Å²) in [5, 5.41) is 8.61. The third kappa shape index (κ3) is 7.62. The molecule has 4 heteroatoms. The first-order chi connectivity index (χ1) is 34.0. The van der Waals surface area contributed by atoms with Gasteiger partial charge in [0.25, 0.3) is 0 Å². The highest BCUT2D eigenvalue weighted by atomic mass is 15.2. The molecular weight excluding hydrogens is 837 g/mol. The molecule has 0 unspecified atom stereocenters. The van der Waals surface area contributed by atoms with Gasteiger partial charge in [0.1, 0.15) is 0 Å². The lowest BCUT2D eigenvalue weighted by molar-refractivity contribution is 0.660. The lowest BCUT2D eigenvalue weighted by Crippen LogP contribution is -2.17. The van der Waals surface area contributed by atoms with Gasteiger partial charge in [-0.05, 0) is 154 Å². The SMILES string of the molecule is CC1(C)c2cc(Nc3ccc(N(c4ccccc4)c4cccc5ccccc45)cc3)ccc2-c2ccc(N(c3ccccc3)c3ccc(N(c4ccccc4)c4cccc5ccccc45)cc3)cc21. The standard InChI is InChI=1S/C65H50N4/c1-65(2)61-44-49(66-48-32-35-54(36-33-48)68(51-24-8-4-9-25-51)63-30-16-20-46-18-12-14-28-57(46)63)34-42-59(61)60-43-41-56(45-62(60)65)67(50-22-6-3-7-23-50)53-37-39-55(40-38-53)69(52-26-10-5-11-27-52)64-31-17-21-47-19-13-15-29-58(47)64/h3-45,66H,1-2H3. The fourth-order valence-corrected chi connectivity index (χ4v) is 10.4. The summed E-state index contributed by atoms with van der Waals surface area (Å²) in [5.74, 6) is 0. The van der Waals surface area contributed by atoms with Crippen molar-refractivity contribution in [3.63, 3.8) is 0 Å². The van der Waals surface area contributed by atoms with Crippen molar-refractivity contribution in [2.75, 3.05) is 20.0 Å². The molecule has 0 saturated carbocycles. The third-order valence-electron chi connectivity index (χ3n) is 13.8. The predicted molar refractivity (Wildman–Crippen MR) is 293 cm³/mol. The van der Waals surface area contributed by atoms with Crippen LogP contribution in [0.25, 0.3) is 32.7 Å². The number of nitrogens with one attached hydrogen (secondary N) is 1. The van der Waals surface area contributed by atoms with E-state index in [0.29, 0.717) is 0 Å². The van der Waals surface area contributed by atoms with Gasteiger partial charge in [0, 0.05) is 67.4 Å². The minimum absolute atomic E-state index is 0.238. The Morgan fingerprint density at radius 3 is 1.17 bits per heavy atom. The van der Waals surface area contributed by atoms with Gasteiger partial charge in [-0.1, -0.05) is 153 Å². The number of para-hydroxylation sites is 3. The fraction of sp³-hybridized carbons (Fsp3) is 0.0462. The van der Waals surface area contributed by atoms with E-state index in [2.05, 4.69) is 295 Å². The molecular formula is C65H50N4. The summed E-state index contributed by atoms with van der Waals surface area (Å²) in [6.45, 7) is 4.72. The van der Waals surface area contributed by atoms with E-state index >= 15 is 0 Å². The number of rotatable bonds is 11. The highest BCUT2D eigenvalue weighted by Crippen LogP contribution is 2.52. The van der Waals surface area contributed by atoms with Crippen LogP contribution in [0.5, 0.6) is 0 Å². The zero-order valence-electron chi connectivity index (χ0n) is 38.7. The first-order valence-corrected chi connectivity index (χ1v) is 23.8. The maximum atomic E-state index is 3.76. The van der Waals surface area contributed by atoms with E-state index in [9.17, 15) is 0 Å². The minimum atomic E-state index is -0.238. The first kappa shape index (κ1) is 41.6. The van der Waals surface area contributed by atoms with Crippen LogP contribution in [0.3, 0.4) is 0 Å². The van der Waals surface area contributed by atoms with Crippen molar-refractivity contribution in [3.8, 4) is 11.1 Å². The van der Waals surface area contributed by atoms with E-state index in [1.807, 2.05) is 0 Å². The summed E-state index contributed by atoms with van der Waals surface area (Å²) in [6, 6.07) is 93.9. The van der Waals surface area contributed by atoms with Gasteiger partial charge in [0.2, 0.25) is 0 Å². The van der Waals surface area contributed by atoms with Gasteiger partial charge < -0.3 is 20.0 Å². The number of benzene rings is 11. The van der Waals surface area contributed by atoms with Gasteiger partial charge in [-0.25, -0.2) is 0 Å². The Balaban J connectivity index is 0.849. The van der Waals surface area contributed by atoms with E-state index in [4.69, 9.17) is 0 Å². The fourth-order valence-electron chi connectivity index (χ4n) is 10.4. The molecule has 0 aromatic heterocycles. The lowest BCUT2D eigenvalue weighted by atomic mass is 9.82. The summed E-state index contributed by atoms with van der Waals surface area (Å²) < 4.78 is 0. The molecule has 4 nitrogen and oxygen atoms in total. The Hall–Kier alpha value is -8.86. The monoisotopic (exact) mass is 886 g/mol. The van der Waals surface area contributed by atoms with Crippen molar-refractivity contribution in [3.05, 3.63) is 272 Å². The Morgan fingerprint density at radius 2 is 0.652 bits per heavy atom. The maximum Gasteiger partial charge on any atom is 0.0540 e. The van der Waals surface area contributed by atoms with E-state index in [1.54, 1.807) is 0 Å². The van der Waals surface area contributed by atoms with Gasteiger partial charge >= 0.3 is 0 Å². The van der Waals surface area contributed by atoms with E-state index < -0.39 is 0 Å². The van der Waals surface area contributed by atoms with Crippen molar-refractivity contribution in [1.82, 2.24) is 0 Å². The molecule has 11 aromatic rings. The van der Waals surface area contributed by atoms with Crippen LogP contribution in [0.2, 0.25) is 0 Å². The highest BCUT2D eigenvalue weighted by molar-refractivity contribution is 6.00. The predicted octanol–water partition coefficient (Wildman–Crippen LogP) is 18.5. The van der Waals surface area contributed by atoms with Gasteiger partial charge in [0.05, 0.1) is 11.4 Å². The molecule has 11 aromatic carbocycles. The quantitative estimate of drug-likeness (QED) is 0.140. The van der Waals surface area contributed by atoms with Crippen LogP contribution < -0.4 is 20.0 Å². The van der Waals surface area contributed by atoms with Gasteiger partial charge in [-0.3, -0.25) is 0 Å². The molecule has 1 N–H and O–H groups in total. The van der Waals surface area contributed by atoms with E-state index in [0.717, 1.165) is 62.6 Å². The molecule has 0 fully saturated rings. The average Bonchev–Trinajstić information content (AvgIpc) is 3.63. The number of hydrogen-bond acceptors (Lipinski definition) is 4. The smallest absolute Gasteiger partial charge is 0.0540 e. The Morgan fingerprint density at radius 1 is 0.290 bits per heavy atom. The molecule has 12 rings (SSSR count). The summed E-state index contributed by atoms with van der Waals surface area (Å²) in [5.41, 5.74) is 17.1. The molecule has 0 saturated heterocycles. The first-order valence-electron chi connectivity index (χ1n) is 23.8. The third-order valence-corrected chi connectivity index (χ3v) is 13.8. The number of anilines is 11. The van der Waals surface area contributed by atoms with Gasteiger partial charge in [0.15, 0.2) is 0 Å². The van der Waals surface area contributed by atoms with Crippen molar-refractivity contribution >= 4 is 84.1 Å². The van der Waals surface area contributed by atoms with Gasteiger partial charge in [-0.2, -0.15) is 0 Å². The molecule has 0 heterocycles. The molecule has 1 aliphatic carbocycles. The van der Waals surface area contributed by atoms with Crippen LogP contribution in [0.1, 0.15) is 25.0 Å². The molecule has 69 heavy (non-hydrogen) atoms. The normalized spacial score (nSPS) is 12.3. The minimum Gasteiger partial charge on any atom is -0.356 e. The van der Waals surface area contributed by atoms with Crippen molar-refractivity contribution < 1.29 is 0 Å². The second kappa shape index (κ2) is 17.4.